The molecule has 1 saturated heterocycles. The Balaban J connectivity index is 2.22. The summed E-state index contributed by atoms with van der Waals surface area (Å²) in [5.74, 6) is 0. The number of hydrogen-bond acceptors (Lipinski definition) is 3. The van der Waals surface area contributed by atoms with E-state index in [1.54, 1.807) is 0 Å². The number of rotatable bonds is 2. The lowest BCUT2D eigenvalue weighted by atomic mass is 10.2. The summed E-state index contributed by atoms with van der Waals surface area (Å²) in [5, 5.41) is -0.365. The summed E-state index contributed by atoms with van der Waals surface area (Å²) in [6.07, 6.45) is -5.07. The SMILES string of the molecule is O=C1OCCN1Sc1ccc(Cl)c(C(F)(F)F)c1. The lowest BCUT2D eigenvalue weighted by Crippen LogP contribution is -2.15. The number of hydrogen-bond donors (Lipinski definition) is 0. The van der Waals surface area contributed by atoms with Gasteiger partial charge in [0.1, 0.15) is 6.61 Å². The summed E-state index contributed by atoms with van der Waals surface area (Å²) in [6.45, 7) is 0.582. The molecule has 1 amide bonds. The predicted octanol–water partition coefficient (Wildman–Crippen LogP) is 3.82. The molecule has 2 rings (SSSR count). The zero-order valence-corrected chi connectivity index (χ0v) is 10.4. The molecule has 0 unspecified atom stereocenters. The fraction of sp³-hybridized carbons (Fsp3) is 0.300. The average Bonchev–Trinajstić information content (AvgIpc) is 2.66. The van der Waals surface area contributed by atoms with Crippen LogP contribution in [0.25, 0.3) is 0 Å². The summed E-state index contributed by atoms with van der Waals surface area (Å²) in [7, 11) is 0. The monoisotopic (exact) mass is 297 g/mol. The Labute approximate surface area is 110 Å². The molecule has 1 heterocycles. The number of cyclic esters (lactones) is 1. The molecule has 3 nitrogen and oxygen atoms in total. The van der Waals surface area contributed by atoms with E-state index >= 15 is 0 Å². The van der Waals surface area contributed by atoms with Crippen molar-refractivity contribution in [3.05, 3.63) is 28.8 Å². The quantitative estimate of drug-likeness (QED) is 0.777. The standard InChI is InChI=1S/C10H7ClF3NO2S/c11-8-2-1-6(5-7(8)10(12,13)14)18-15-3-4-17-9(15)16/h1-2,5H,3-4H2. The van der Waals surface area contributed by atoms with Crippen molar-refractivity contribution in [2.24, 2.45) is 0 Å². The van der Waals surface area contributed by atoms with Gasteiger partial charge in [0, 0.05) is 4.90 Å². The van der Waals surface area contributed by atoms with E-state index in [-0.39, 0.29) is 16.5 Å². The number of halogens is 4. The van der Waals surface area contributed by atoms with Gasteiger partial charge in [-0.25, -0.2) is 9.10 Å². The molecule has 1 aliphatic heterocycles. The Hall–Kier alpha value is -1.08. The van der Waals surface area contributed by atoms with E-state index in [0.717, 1.165) is 24.1 Å². The maximum absolute atomic E-state index is 12.6. The van der Waals surface area contributed by atoms with Crippen molar-refractivity contribution >= 4 is 29.6 Å². The van der Waals surface area contributed by atoms with Gasteiger partial charge in [-0.3, -0.25) is 0 Å². The van der Waals surface area contributed by atoms with Gasteiger partial charge in [0.05, 0.1) is 17.1 Å². The minimum Gasteiger partial charge on any atom is -0.447 e. The third kappa shape index (κ3) is 2.84. The maximum atomic E-state index is 12.6. The number of nitrogens with zero attached hydrogens (tertiary/aromatic N) is 1. The zero-order chi connectivity index (χ0) is 13.3. The molecule has 0 aromatic heterocycles. The highest BCUT2D eigenvalue weighted by Crippen LogP contribution is 2.37. The van der Waals surface area contributed by atoms with E-state index in [9.17, 15) is 18.0 Å². The summed E-state index contributed by atoms with van der Waals surface area (Å²) in [5.41, 5.74) is -0.915. The van der Waals surface area contributed by atoms with Crippen molar-refractivity contribution in [2.75, 3.05) is 13.2 Å². The Morgan fingerprint density at radius 2 is 2.11 bits per heavy atom. The Kier molecular flexibility index (Phi) is 3.63. The average molecular weight is 298 g/mol. The number of ether oxygens (including phenoxy) is 1. The van der Waals surface area contributed by atoms with Gasteiger partial charge in [0.2, 0.25) is 0 Å². The highest BCUT2D eigenvalue weighted by atomic mass is 35.5. The van der Waals surface area contributed by atoms with Crippen molar-refractivity contribution in [1.82, 2.24) is 4.31 Å². The summed E-state index contributed by atoms with van der Waals surface area (Å²) >= 11 is 6.39. The van der Waals surface area contributed by atoms with E-state index in [1.165, 1.54) is 10.4 Å². The van der Waals surface area contributed by atoms with Crippen LogP contribution in [-0.2, 0) is 10.9 Å². The van der Waals surface area contributed by atoms with Gasteiger partial charge < -0.3 is 4.74 Å². The van der Waals surface area contributed by atoms with Crippen molar-refractivity contribution in [2.45, 2.75) is 11.1 Å². The van der Waals surface area contributed by atoms with E-state index in [4.69, 9.17) is 11.6 Å². The fourth-order valence-corrected chi connectivity index (χ4v) is 2.44. The molecule has 0 bridgehead atoms. The molecule has 0 N–H and O–H groups in total. The highest BCUT2D eigenvalue weighted by molar-refractivity contribution is 7.97. The van der Waals surface area contributed by atoms with Gasteiger partial charge in [-0.05, 0) is 30.1 Å². The van der Waals surface area contributed by atoms with Crippen molar-refractivity contribution in [3.63, 3.8) is 0 Å². The molecule has 1 aliphatic rings. The third-order valence-corrected chi connectivity index (χ3v) is 3.53. The van der Waals surface area contributed by atoms with Gasteiger partial charge in [-0.2, -0.15) is 13.2 Å². The molecule has 98 valence electrons. The van der Waals surface area contributed by atoms with E-state index in [0.29, 0.717) is 6.54 Å². The van der Waals surface area contributed by atoms with Crippen LogP contribution in [0.2, 0.25) is 5.02 Å². The molecule has 1 aromatic carbocycles. The number of carbonyl (C=O) groups is 1. The van der Waals surface area contributed by atoms with Gasteiger partial charge in [0.15, 0.2) is 0 Å². The van der Waals surface area contributed by atoms with E-state index in [2.05, 4.69) is 4.74 Å². The maximum Gasteiger partial charge on any atom is 0.420 e. The molecule has 0 spiro atoms. The molecule has 1 aromatic rings. The first-order valence-electron chi connectivity index (χ1n) is 4.87. The first-order chi connectivity index (χ1) is 8.38. The molecule has 0 saturated carbocycles. The normalized spacial score (nSPS) is 16.0. The van der Waals surface area contributed by atoms with Crippen LogP contribution in [0.5, 0.6) is 0 Å². The summed E-state index contributed by atoms with van der Waals surface area (Å²) in [4.78, 5) is 11.4. The van der Waals surface area contributed by atoms with Crippen LogP contribution in [0.4, 0.5) is 18.0 Å². The van der Waals surface area contributed by atoms with Crippen molar-refractivity contribution in [1.29, 1.82) is 0 Å². The van der Waals surface area contributed by atoms with E-state index < -0.39 is 17.8 Å². The molecule has 0 atom stereocenters. The van der Waals surface area contributed by atoms with Crippen LogP contribution in [0.3, 0.4) is 0 Å². The zero-order valence-electron chi connectivity index (χ0n) is 8.83. The molecule has 0 radical (unpaired) electrons. The van der Waals surface area contributed by atoms with Crippen LogP contribution in [-0.4, -0.2) is 23.6 Å². The highest BCUT2D eigenvalue weighted by Gasteiger charge is 2.34. The van der Waals surface area contributed by atoms with Crippen LogP contribution in [0.15, 0.2) is 23.1 Å². The Morgan fingerprint density at radius 1 is 1.39 bits per heavy atom. The Bertz CT molecular complexity index is 481. The second kappa shape index (κ2) is 4.89. The minimum atomic E-state index is -4.51. The lowest BCUT2D eigenvalue weighted by molar-refractivity contribution is -0.137. The molecular formula is C10H7ClF3NO2S. The molecule has 18 heavy (non-hydrogen) atoms. The van der Waals surface area contributed by atoms with Crippen LogP contribution >= 0.6 is 23.5 Å². The summed E-state index contributed by atoms with van der Waals surface area (Å²) in [6, 6.07) is 3.50. The molecular weight excluding hydrogens is 291 g/mol. The predicted molar refractivity (Wildman–Crippen MR) is 60.4 cm³/mol. The Morgan fingerprint density at radius 3 is 2.67 bits per heavy atom. The first-order valence-corrected chi connectivity index (χ1v) is 6.02. The van der Waals surface area contributed by atoms with Gasteiger partial charge in [-0.1, -0.05) is 11.6 Å². The second-order valence-electron chi connectivity index (χ2n) is 3.45. The second-order valence-corrected chi connectivity index (χ2v) is 4.95. The fourth-order valence-electron chi connectivity index (χ4n) is 1.37. The minimum absolute atomic E-state index is 0.242. The van der Waals surface area contributed by atoms with Gasteiger partial charge >= 0.3 is 12.3 Å². The van der Waals surface area contributed by atoms with Crippen molar-refractivity contribution < 1.29 is 22.7 Å². The van der Waals surface area contributed by atoms with E-state index in [1.807, 2.05) is 0 Å². The number of benzene rings is 1. The number of amides is 1. The third-order valence-electron chi connectivity index (χ3n) is 2.18. The van der Waals surface area contributed by atoms with Crippen LogP contribution in [0.1, 0.15) is 5.56 Å². The smallest absolute Gasteiger partial charge is 0.420 e. The van der Waals surface area contributed by atoms with Gasteiger partial charge in [-0.15, -0.1) is 0 Å². The van der Waals surface area contributed by atoms with Crippen LogP contribution < -0.4 is 0 Å². The molecule has 0 aliphatic carbocycles. The van der Waals surface area contributed by atoms with Gasteiger partial charge in [0.25, 0.3) is 0 Å². The topological polar surface area (TPSA) is 29.5 Å². The number of alkyl halides is 3. The first kappa shape index (κ1) is 13.4. The molecule has 1 fully saturated rings. The lowest BCUT2D eigenvalue weighted by Gasteiger charge is -2.13. The van der Waals surface area contributed by atoms with Crippen LogP contribution in [0, 0.1) is 0 Å². The van der Waals surface area contributed by atoms with Crippen molar-refractivity contribution in [3.8, 4) is 0 Å². The number of carbonyl (C=O) groups excluding carboxylic acids is 1. The molecule has 8 heteroatoms. The summed E-state index contributed by atoms with van der Waals surface area (Å²) < 4.78 is 43.8. The largest absolute Gasteiger partial charge is 0.447 e.